The molecule has 0 spiro atoms. The molecule has 124 valence electrons. The van der Waals surface area contributed by atoms with E-state index in [4.69, 9.17) is 5.10 Å². The van der Waals surface area contributed by atoms with E-state index in [1.165, 1.54) is 19.3 Å². The molecule has 5 nitrogen and oxygen atoms in total. The first-order valence-electron chi connectivity index (χ1n) is 8.86. The predicted octanol–water partition coefficient (Wildman–Crippen LogP) is 2.70. The first-order valence-corrected chi connectivity index (χ1v) is 8.86. The van der Waals surface area contributed by atoms with Crippen molar-refractivity contribution in [1.29, 1.82) is 0 Å². The lowest BCUT2D eigenvalue weighted by Gasteiger charge is -2.43. The Bertz CT molecular complexity index is 687. The average molecular weight is 313 g/mol. The van der Waals surface area contributed by atoms with E-state index in [1.54, 1.807) is 0 Å². The lowest BCUT2D eigenvalue weighted by molar-refractivity contribution is 0.120. The second kappa shape index (κ2) is 5.48. The number of nitrogens with zero attached hydrogens (tertiary/aromatic N) is 5. The van der Waals surface area contributed by atoms with Gasteiger partial charge in [0.2, 0.25) is 0 Å². The normalized spacial score (nSPS) is 20.9. The van der Waals surface area contributed by atoms with Crippen LogP contribution in [0.4, 0.5) is 5.82 Å². The monoisotopic (exact) mass is 313 g/mol. The number of hydrogen-bond donors (Lipinski definition) is 0. The van der Waals surface area contributed by atoms with Crippen LogP contribution in [0.1, 0.15) is 45.7 Å². The smallest absolute Gasteiger partial charge is 0.154 e. The van der Waals surface area contributed by atoms with Gasteiger partial charge in [-0.25, -0.2) is 9.50 Å². The summed E-state index contributed by atoms with van der Waals surface area (Å²) in [7, 11) is 0. The van der Waals surface area contributed by atoms with Crippen LogP contribution in [-0.4, -0.2) is 51.7 Å². The quantitative estimate of drug-likeness (QED) is 0.854. The Morgan fingerprint density at radius 2 is 1.83 bits per heavy atom. The lowest BCUT2D eigenvalue weighted by Crippen LogP contribution is -2.52. The van der Waals surface area contributed by atoms with Crippen molar-refractivity contribution in [3.63, 3.8) is 0 Å². The molecule has 4 rings (SSSR count). The van der Waals surface area contributed by atoms with E-state index >= 15 is 0 Å². The minimum absolute atomic E-state index is 0.0617. The molecule has 2 fully saturated rings. The van der Waals surface area contributed by atoms with Crippen molar-refractivity contribution in [3.8, 4) is 0 Å². The van der Waals surface area contributed by atoms with Gasteiger partial charge in [-0.05, 0) is 18.9 Å². The fourth-order valence-corrected chi connectivity index (χ4v) is 3.57. The highest BCUT2D eigenvalue weighted by Gasteiger charge is 2.29. The molecular formula is C18H27N5. The highest BCUT2D eigenvalue weighted by atomic mass is 15.3. The van der Waals surface area contributed by atoms with Crippen LogP contribution in [0.5, 0.6) is 0 Å². The second-order valence-electron chi connectivity index (χ2n) is 7.97. The molecule has 1 aliphatic heterocycles. The molecule has 23 heavy (non-hydrogen) atoms. The van der Waals surface area contributed by atoms with E-state index in [-0.39, 0.29) is 5.41 Å². The number of piperazine rings is 1. The summed E-state index contributed by atoms with van der Waals surface area (Å²) >= 11 is 0. The molecule has 3 heterocycles. The maximum absolute atomic E-state index is 4.74. The number of fused-ring (bicyclic) bond motifs is 1. The molecule has 0 atom stereocenters. The third kappa shape index (κ3) is 2.71. The minimum atomic E-state index is 0.0617. The predicted molar refractivity (Wildman–Crippen MR) is 93.1 cm³/mol. The van der Waals surface area contributed by atoms with E-state index in [9.17, 15) is 0 Å². The van der Waals surface area contributed by atoms with Gasteiger partial charge in [-0.3, -0.25) is 4.90 Å². The van der Waals surface area contributed by atoms with Crippen LogP contribution in [0.2, 0.25) is 0 Å². The summed E-state index contributed by atoms with van der Waals surface area (Å²) in [4.78, 5) is 9.77. The van der Waals surface area contributed by atoms with Gasteiger partial charge in [0.05, 0.1) is 5.69 Å². The maximum atomic E-state index is 4.74. The summed E-state index contributed by atoms with van der Waals surface area (Å²) in [5, 5.41) is 4.74. The van der Waals surface area contributed by atoms with Gasteiger partial charge in [-0.15, -0.1) is 0 Å². The van der Waals surface area contributed by atoms with Gasteiger partial charge in [0, 0.05) is 50.0 Å². The van der Waals surface area contributed by atoms with Crippen molar-refractivity contribution in [3.05, 3.63) is 24.2 Å². The fourth-order valence-electron chi connectivity index (χ4n) is 3.57. The van der Waals surface area contributed by atoms with Crippen molar-refractivity contribution in [1.82, 2.24) is 19.5 Å². The van der Waals surface area contributed by atoms with E-state index < -0.39 is 0 Å². The Kier molecular flexibility index (Phi) is 3.56. The average Bonchev–Trinajstić information content (AvgIpc) is 2.90. The molecule has 0 unspecified atom stereocenters. The van der Waals surface area contributed by atoms with E-state index in [0.717, 1.165) is 49.2 Å². The largest absolute Gasteiger partial charge is 0.352 e. The summed E-state index contributed by atoms with van der Waals surface area (Å²) in [5.74, 6) is 1.09. The topological polar surface area (TPSA) is 36.7 Å². The zero-order valence-corrected chi connectivity index (χ0v) is 14.5. The zero-order valence-electron chi connectivity index (χ0n) is 14.5. The summed E-state index contributed by atoms with van der Waals surface area (Å²) < 4.78 is 1.99. The number of aromatic nitrogens is 3. The van der Waals surface area contributed by atoms with Gasteiger partial charge in [0.15, 0.2) is 5.82 Å². The Morgan fingerprint density at radius 3 is 2.43 bits per heavy atom. The Hall–Kier alpha value is -1.62. The molecule has 2 aromatic heterocycles. The lowest BCUT2D eigenvalue weighted by atomic mass is 9.91. The molecule has 1 aliphatic carbocycles. The van der Waals surface area contributed by atoms with E-state index in [2.05, 4.69) is 41.6 Å². The first-order chi connectivity index (χ1) is 11.0. The Balaban J connectivity index is 1.58. The van der Waals surface area contributed by atoms with Crippen LogP contribution in [0.3, 0.4) is 0 Å². The fraction of sp³-hybridized carbons (Fsp3) is 0.667. The molecule has 0 bridgehead atoms. The summed E-state index contributed by atoms with van der Waals surface area (Å²) in [5.41, 5.74) is 2.32. The van der Waals surface area contributed by atoms with Crippen LogP contribution < -0.4 is 4.90 Å². The molecule has 1 saturated carbocycles. The highest BCUT2D eigenvalue weighted by Crippen LogP contribution is 2.29. The van der Waals surface area contributed by atoms with Crippen molar-refractivity contribution in [2.45, 2.75) is 51.5 Å². The van der Waals surface area contributed by atoms with Gasteiger partial charge in [-0.2, -0.15) is 5.10 Å². The number of rotatable bonds is 2. The first kappa shape index (κ1) is 14.9. The highest BCUT2D eigenvalue weighted by molar-refractivity contribution is 5.69. The maximum Gasteiger partial charge on any atom is 0.154 e. The van der Waals surface area contributed by atoms with Crippen molar-refractivity contribution < 1.29 is 0 Å². The Morgan fingerprint density at radius 1 is 1.09 bits per heavy atom. The third-order valence-corrected chi connectivity index (χ3v) is 5.34. The van der Waals surface area contributed by atoms with Crippen LogP contribution in [0.25, 0.3) is 5.52 Å². The number of hydrogen-bond acceptors (Lipinski definition) is 4. The van der Waals surface area contributed by atoms with Crippen molar-refractivity contribution in [2.75, 3.05) is 31.1 Å². The van der Waals surface area contributed by atoms with Gasteiger partial charge in [0.25, 0.3) is 0 Å². The van der Waals surface area contributed by atoms with Crippen LogP contribution >= 0.6 is 0 Å². The molecule has 2 aliphatic rings. The van der Waals surface area contributed by atoms with E-state index in [0.29, 0.717) is 0 Å². The van der Waals surface area contributed by atoms with Gasteiger partial charge in [0.1, 0.15) is 5.52 Å². The minimum Gasteiger partial charge on any atom is -0.352 e. The zero-order chi connectivity index (χ0) is 16.0. The molecule has 0 radical (unpaired) electrons. The SMILES string of the molecule is CC(C)(C)c1cc2c(N3CCN(C4CCC4)CC3)nccn2n1. The molecule has 0 amide bonds. The van der Waals surface area contributed by atoms with Crippen LogP contribution in [0, 0.1) is 0 Å². The third-order valence-electron chi connectivity index (χ3n) is 5.34. The van der Waals surface area contributed by atoms with Gasteiger partial charge < -0.3 is 4.90 Å². The van der Waals surface area contributed by atoms with Crippen LogP contribution in [-0.2, 0) is 5.41 Å². The van der Waals surface area contributed by atoms with E-state index in [1.807, 2.05) is 16.9 Å². The molecule has 0 aromatic carbocycles. The standard InChI is InChI=1S/C18H27N5/c1-18(2,3)16-13-15-17(19-7-8-23(15)20-16)22-11-9-21(10-12-22)14-5-4-6-14/h7-8,13-14H,4-6,9-12H2,1-3H3. The second-order valence-corrected chi connectivity index (χ2v) is 7.97. The number of anilines is 1. The summed E-state index contributed by atoms with van der Waals surface area (Å²) in [6, 6.07) is 3.06. The molecular weight excluding hydrogens is 286 g/mol. The molecule has 5 heteroatoms. The Labute approximate surface area is 138 Å². The summed E-state index contributed by atoms with van der Waals surface area (Å²) in [6.07, 6.45) is 8.03. The molecule has 1 saturated heterocycles. The van der Waals surface area contributed by atoms with Crippen LogP contribution in [0.15, 0.2) is 18.5 Å². The van der Waals surface area contributed by atoms with Crippen molar-refractivity contribution >= 4 is 11.3 Å². The molecule has 0 N–H and O–H groups in total. The van der Waals surface area contributed by atoms with Gasteiger partial charge >= 0.3 is 0 Å². The summed E-state index contributed by atoms with van der Waals surface area (Å²) in [6.45, 7) is 11.1. The molecule has 2 aromatic rings. The van der Waals surface area contributed by atoms with Gasteiger partial charge in [-0.1, -0.05) is 27.2 Å². The van der Waals surface area contributed by atoms with Crippen molar-refractivity contribution in [2.24, 2.45) is 0 Å².